The van der Waals surface area contributed by atoms with Crippen molar-refractivity contribution in [3.63, 3.8) is 0 Å². The predicted molar refractivity (Wildman–Crippen MR) is 56.7 cm³/mol. The minimum absolute atomic E-state index is 0.469. The Hall–Kier alpha value is -0.300. The molecule has 0 aromatic rings. The summed E-state index contributed by atoms with van der Waals surface area (Å²) < 4.78 is 0. The average molecular weight is 179 g/mol. The quantitative estimate of drug-likeness (QED) is 0.517. The van der Waals surface area contributed by atoms with Gasteiger partial charge in [0.2, 0.25) is 0 Å². The molecule has 2 aliphatic heterocycles. The molecule has 1 fully saturated rings. The zero-order chi connectivity index (χ0) is 9.80. The Balaban J connectivity index is 2.50. The van der Waals surface area contributed by atoms with Crippen LogP contribution in [-0.2, 0) is 0 Å². The van der Waals surface area contributed by atoms with Crippen molar-refractivity contribution in [2.75, 3.05) is 6.54 Å². The van der Waals surface area contributed by atoms with Gasteiger partial charge in [-0.15, -0.1) is 0 Å². The summed E-state index contributed by atoms with van der Waals surface area (Å²) in [5.74, 6) is 0. The van der Waals surface area contributed by atoms with Crippen molar-refractivity contribution in [3.8, 4) is 0 Å². The molecule has 0 aliphatic carbocycles. The van der Waals surface area contributed by atoms with Crippen molar-refractivity contribution in [2.45, 2.75) is 53.1 Å². The van der Waals surface area contributed by atoms with Gasteiger partial charge in [-0.05, 0) is 40.7 Å². The molecule has 2 heterocycles. The maximum atomic E-state index is 2.66. The Bertz CT molecular complexity index is 266. The molecule has 1 nitrogen and oxygen atoms in total. The third-order valence-corrected chi connectivity index (χ3v) is 4.88. The molecule has 4 atom stereocenters. The SMILES string of the molecule is CC1=C(C)[C@@]2(C)CC[N@@](C1C)C2C. The van der Waals surface area contributed by atoms with Crippen molar-refractivity contribution >= 4 is 0 Å². The standard InChI is InChI=1S/C12H21N/c1-8-9(2)12(5)6-7-13(10(8)3)11(12)4/h10-11H,6-7H2,1-5H3/t10?,11?,12-/m1/s1. The molecule has 0 aromatic heterocycles. The minimum atomic E-state index is 0.469. The Kier molecular flexibility index (Phi) is 1.85. The highest BCUT2D eigenvalue weighted by Crippen LogP contribution is 2.49. The third-order valence-electron chi connectivity index (χ3n) is 4.88. The summed E-state index contributed by atoms with van der Waals surface area (Å²) in [5.41, 5.74) is 3.73. The lowest BCUT2D eigenvalue weighted by molar-refractivity contribution is 0.157. The van der Waals surface area contributed by atoms with Gasteiger partial charge in [-0.25, -0.2) is 0 Å². The van der Waals surface area contributed by atoms with Crippen molar-refractivity contribution in [2.24, 2.45) is 5.41 Å². The average Bonchev–Trinajstić information content (AvgIpc) is 2.37. The Labute approximate surface area is 81.8 Å². The van der Waals surface area contributed by atoms with Crippen molar-refractivity contribution in [1.29, 1.82) is 0 Å². The molecular formula is C12H21N. The van der Waals surface area contributed by atoms with Crippen LogP contribution in [0.1, 0.15) is 41.0 Å². The van der Waals surface area contributed by atoms with Gasteiger partial charge >= 0.3 is 0 Å². The molecule has 0 N–H and O–H groups in total. The fourth-order valence-electron chi connectivity index (χ4n) is 3.17. The first-order valence-electron chi connectivity index (χ1n) is 5.42. The number of hydrogen-bond acceptors (Lipinski definition) is 1. The lowest BCUT2D eigenvalue weighted by atomic mass is 9.72. The highest BCUT2D eigenvalue weighted by molar-refractivity contribution is 5.30. The first-order chi connectivity index (χ1) is 5.98. The summed E-state index contributed by atoms with van der Waals surface area (Å²) in [6.07, 6.45) is 1.35. The molecule has 0 saturated carbocycles. The van der Waals surface area contributed by atoms with E-state index >= 15 is 0 Å². The van der Waals surface area contributed by atoms with Crippen molar-refractivity contribution in [3.05, 3.63) is 11.1 Å². The van der Waals surface area contributed by atoms with E-state index in [1.165, 1.54) is 13.0 Å². The van der Waals surface area contributed by atoms with Gasteiger partial charge in [0.15, 0.2) is 0 Å². The number of fused-ring (bicyclic) bond motifs is 2. The van der Waals surface area contributed by atoms with Crippen LogP contribution in [0.15, 0.2) is 11.1 Å². The molecule has 74 valence electrons. The maximum Gasteiger partial charge on any atom is 0.0282 e. The Morgan fingerprint density at radius 3 is 2.54 bits per heavy atom. The lowest BCUT2D eigenvalue weighted by Gasteiger charge is -2.43. The largest absolute Gasteiger partial charge is 0.293 e. The summed E-state index contributed by atoms with van der Waals surface area (Å²) in [5, 5.41) is 0. The summed E-state index contributed by atoms with van der Waals surface area (Å²) in [6.45, 7) is 13.1. The monoisotopic (exact) mass is 179 g/mol. The first kappa shape index (κ1) is 9.26. The fraction of sp³-hybridized carbons (Fsp3) is 0.833. The topological polar surface area (TPSA) is 3.24 Å². The zero-order valence-electron chi connectivity index (χ0n) is 9.52. The number of nitrogens with zero attached hydrogens (tertiary/aromatic N) is 1. The van der Waals surface area contributed by atoms with E-state index in [0.29, 0.717) is 11.5 Å². The minimum Gasteiger partial charge on any atom is -0.293 e. The van der Waals surface area contributed by atoms with Crippen molar-refractivity contribution < 1.29 is 0 Å². The summed E-state index contributed by atoms with van der Waals surface area (Å²) >= 11 is 0. The van der Waals surface area contributed by atoms with Gasteiger partial charge in [0, 0.05) is 17.5 Å². The summed E-state index contributed by atoms with van der Waals surface area (Å²) in [4.78, 5) is 2.66. The van der Waals surface area contributed by atoms with Gasteiger partial charge in [-0.2, -0.15) is 0 Å². The van der Waals surface area contributed by atoms with Crippen LogP contribution in [0.5, 0.6) is 0 Å². The predicted octanol–water partition coefficient (Wildman–Crippen LogP) is 2.83. The van der Waals surface area contributed by atoms with E-state index in [1.54, 1.807) is 11.1 Å². The van der Waals surface area contributed by atoms with E-state index in [-0.39, 0.29) is 0 Å². The highest BCUT2D eigenvalue weighted by atomic mass is 15.2. The lowest BCUT2D eigenvalue weighted by Crippen LogP contribution is -2.46. The third kappa shape index (κ3) is 0.969. The van der Waals surface area contributed by atoms with Gasteiger partial charge < -0.3 is 0 Å². The van der Waals surface area contributed by atoms with Crippen LogP contribution in [0.4, 0.5) is 0 Å². The summed E-state index contributed by atoms with van der Waals surface area (Å²) in [7, 11) is 0. The van der Waals surface area contributed by atoms with Crippen LogP contribution in [0.2, 0.25) is 0 Å². The van der Waals surface area contributed by atoms with E-state index < -0.39 is 0 Å². The van der Waals surface area contributed by atoms with Crippen LogP contribution in [0, 0.1) is 5.41 Å². The molecule has 1 heteroatoms. The molecule has 2 unspecified atom stereocenters. The van der Waals surface area contributed by atoms with Crippen LogP contribution in [0.25, 0.3) is 0 Å². The molecule has 0 spiro atoms. The van der Waals surface area contributed by atoms with Crippen LogP contribution in [0.3, 0.4) is 0 Å². The van der Waals surface area contributed by atoms with E-state index in [0.717, 1.165) is 6.04 Å². The molecule has 1 saturated heterocycles. The molecule has 2 aliphatic rings. The molecule has 2 bridgehead atoms. The molecular weight excluding hydrogens is 158 g/mol. The molecule has 2 rings (SSSR count). The second-order valence-electron chi connectivity index (χ2n) is 5.07. The van der Waals surface area contributed by atoms with Gasteiger partial charge in [0.25, 0.3) is 0 Å². The van der Waals surface area contributed by atoms with Gasteiger partial charge in [0.1, 0.15) is 0 Å². The molecule has 13 heavy (non-hydrogen) atoms. The fourth-order valence-corrected chi connectivity index (χ4v) is 3.17. The summed E-state index contributed by atoms with van der Waals surface area (Å²) in [6, 6.07) is 1.41. The smallest absolute Gasteiger partial charge is 0.0282 e. The first-order valence-corrected chi connectivity index (χ1v) is 5.42. The second-order valence-corrected chi connectivity index (χ2v) is 5.07. The van der Waals surface area contributed by atoms with Crippen LogP contribution in [-0.4, -0.2) is 23.5 Å². The molecule has 0 aromatic carbocycles. The number of rotatable bonds is 0. The second kappa shape index (κ2) is 2.60. The normalized spacial score (nSPS) is 50.1. The maximum absolute atomic E-state index is 2.66. The van der Waals surface area contributed by atoms with Gasteiger partial charge in [0.05, 0.1) is 0 Å². The van der Waals surface area contributed by atoms with Crippen molar-refractivity contribution in [1.82, 2.24) is 4.90 Å². The van der Waals surface area contributed by atoms with E-state index in [4.69, 9.17) is 0 Å². The van der Waals surface area contributed by atoms with E-state index in [2.05, 4.69) is 39.5 Å². The van der Waals surface area contributed by atoms with E-state index in [9.17, 15) is 0 Å². The van der Waals surface area contributed by atoms with Gasteiger partial charge in [-0.1, -0.05) is 18.1 Å². The van der Waals surface area contributed by atoms with Crippen LogP contribution >= 0.6 is 0 Å². The van der Waals surface area contributed by atoms with E-state index in [1.807, 2.05) is 0 Å². The van der Waals surface area contributed by atoms with Crippen LogP contribution < -0.4 is 0 Å². The molecule has 0 radical (unpaired) electrons. The Morgan fingerprint density at radius 1 is 1.31 bits per heavy atom. The number of hydrogen-bond donors (Lipinski definition) is 0. The molecule has 0 amide bonds. The Morgan fingerprint density at radius 2 is 1.92 bits per heavy atom. The zero-order valence-corrected chi connectivity index (χ0v) is 9.52. The highest BCUT2D eigenvalue weighted by Gasteiger charge is 2.48. The van der Waals surface area contributed by atoms with Gasteiger partial charge in [-0.3, -0.25) is 4.90 Å².